The van der Waals surface area contributed by atoms with E-state index in [9.17, 15) is 14.4 Å². The predicted molar refractivity (Wildman–Crippen MR) is 207 cm³/mol. The number of rotatable bonds is 8. The lowest BCUT2D eigenvalue weighted by Gasteiger charge is -2.46. The highest BCUT2D eigenvalue weighted by Crippen LogP contribution is 2.44. The number of hydrogen-bond donors (Lipinski definition) is 2. The van der Waals surface area contributed by atoms with Crippen LogP contribution >= 0.6 is 0 Å². The summed E-state index contributed by atoms with van der Waals surface area (Å²) in [6.07, 6.45) is -0.0780. The summed E-state index contributed by atoms with van der Waals surface area (Å²) in [5, 5.41) is 5.46. The summed E-state index contributed by atoms with van der Waals surface area (Å²) in [4.78, 5) is 53.5. The summed E-state index contributed by atoms with van der Waals surface area (Å²) >= 11 is 0. The Kier molecular flexibility index (Phi) is 9.50. The van der Waals surface area contributed by atoms with E-state index in [0.29, 0.717) is 51.1 Å². The molecule has 2 fully saturated rings. The van der Waals surface area contributed by atoms with Crippen molar-refractivity contribution in [2.45, 2.75) is 58.4 Å². The molecule has 0 spiro atoms. The number of alkyl halides is 3. The molecule has 8 rings (SSSR count). The monoisotopic (exact) mass is 789 g/mol. The van der Waals surface area contributed by atoms with Gasteiger partial charge in [0.2, 0.25) is 5.91 Å². The van der Waals surface area contributed by atoms with E-state index in [0.717, 1.165) is 58.0 Å². The number of halogens is 4. The Labute approximate surface area is 325 Å². The van der Waals surface area contributed by atoms with Crippen LogP contribution in [-0.4, -0.2) is 87.3 Å². The Morgan fingerprint density at radius 2 is 1.86 bits per heavy atom. The van der Waals surface area contributed by atoms with Crippen molar-refractivity contribution in [1.29, 1.82) is 0 Å². The number of carbonyl (C=O) groups is 2. The quantitative estimate of drug-likeness (QED) is 0.179. The zero-order valence-electron chi connectivity index (χ0n) is 32.0. The molecule has 1 aliphatic carbocycles. The molecule has 0 radical (unpaired) electrons. The van der Waals surface area contributed by atoms with Gasteiger partial charge < -0.3 is 29.4 Å². The van der Waals surface area contributed by atoms with E-state index in [1.54, 1.807) is 6.07 Å². The number of pyridine rings is 1. The number of amides is 2. The number of aromatic nitrogens is 4. The van der Waals surface area contributed by atoms with Gasteiger partial charge in [0.05, 0.1) is 36.3 Å². The molecule has 6 heterocycles. The van der Waals surface area contributed by atoms with Crippen molar-refractivity contribution in [2.75, 3.05) is 59.8 Å². The van der Waals surface area contributed by atoms with Crippen LogP contribution in [0.25, 0.3) is 11.3 Å². The predicted octanol–water partition coefficient (Wildman–Crippen LogP) is 5.36. The number of ether oxygens (including phenoxy) is 1. The fourth-order valence-corrected chi connectivity index (χ4v) is 8.54. The number of piperazine rings is 1. The molecule has 17 heteroatoms. The first-order valence-electron chi connectivity index (χ1n) is 18.8. The second-order valence-electron chi connectivity index (χ2n) is 16.0. The van der Waals surface area contributed by atoms with Crippen molar-refractivity contribution in [1.82, 2.24) is 24.0 Å². The molecule has 1 atom stereocenters. The van der Waals surface area contributed by atoms with Gasteiger partial charge in [0.25, 0.3) is 11.5 Å². The highest BCUT2D eigenvalue weighted by Gasteiger charge is 2.43. The van der Waals surface area contributed by atoms with Gasteiger partial charge in [-0.3, -0.25) is 24.2 Å². The van der Waals surface area contributed by atoms with E-state index in [1.165, 1.54) is 19.3 Å². The third kappa shape index (κ3) is 6.96. The summed E-state index contributed by atoms with van der Waals surface area (Å²) in [6, 6.07) is 5.66. The Morgan fingerprint density at radius 1 is 1.09 bits per heavy atom. The van der Waals surface area contributed by atoms with E-state index in [2.05, 4.69) is 45.9 Å². The van der Waals surface area contributed by atoms with Crippen LogP contribution in [0.5, 0.6) is 0 Å². The molecular formula is C40H43F4N9O4. The molecule has 300 valence electrons. The molecule has 4 aromatic rings. The number of benzene rings is 1. The standard InChI is InChI=1S/C40H43F4N9O4/c1-6-32(54)47-28-15-24(14-27(41)34(28)51-10-9-50(18-22(51)2)25-20-57-21-25)46-35-38(56)49(5)19-29(48-35)26-7-8-45-36(33(26)40(42,43)44)53-12-11-52-30(37(53)55)13-23-16-39(3,4)17-31(23)52/h6-8,13-15,19,22,25H,1,9-12,16-18,20-21H2,2-5H3,(H,46,48)(H,47,54)/t22-/m0/s1. The van der Waals surface area contributed by atoms with Gasteiger partial charge in [-0.1, -0.05) is 20.4 Å². The fourth-order valence-electron chi connectivity index (χ4n) is 8.54. The number of carbonyl (C=O) groups excluding carboxylic acids is 2. The van der Waals surface area contributed by atoms with Crippen molar-refractivity contribution in [2.24, 2.45) is 12.5 Å². The first-order valence-corrected chi connectivity index (χ1v) is 18.8. The minimum Gasteiger partial charge on any atom is -0.378 e. The second-order valence-corrected chi connectivity index (χ2v) is 16.0. The van der Waals surface area contributed by atoms with Gasteiger partial charge in [0.1, 0.15) is 17.1 Å². The number of nitrogens with zero attached hydrogens (tertiary/aromatic N) is 7. The largest absolute Gasteiger partial charge is 0.420 e. The van der Waals surface area contributed by atoms with Gasteiger partial charge >= 0.3 is 6.18 Å². The Bertz CT molecular complexity index is 2370. The van der Waals surface area contributed by atoms with Crippen LogP contribution in [-0.2, 0) is 42.1 Å². The van der Waals surface area contributed by atoms with Gasteiger partial charge in [-0.2, -0.15) is 13.2 Å². The molecule has 2 amide bonds. The van der Waals surface area contributed by atoms with Crippen LogP contribution in [0.15, 0.2) is 54.1 Å². The summed E-state index contributed by atoms with van der Waals surface area (Å²) in [6.45, 7) is 13.1. The molecule has 3 aliphatic heterocycles. The molecule has 0 saturated carbocycles. The van der Waals surface area contributed by atoms with Crippen molar-refractivity contribution >= 4 is 40.5 Å². The third-order valence-electron chi connectivity index (χ3n) is 11.3. The molecule has 1 aromatic carbocycles. The average Bonchev–Trinajstić information content (AvgIpc) is 3.61. The number of fused-ring (bicyclic) bond motifs is 3. The lowest BCUT2D eigenvalue weighted by Crippen LogP contribution is -2.59. The Balaban J connectivity index is 1.14. The van der Waals surface area contributed by atoms with Crippen LogP contribution in [0, 0.1) is 11.2 Å². The van der Waals surface area contributed by atoms with Crippen LogP contribution in [0.3, 0.4) is 0 Å². The molecule has 13 nitrogen and oxygen atoms in total. The summed E-state index contributed by atoms with van der Waals surface area (Å²) in [7, 11) is 1.35. The van der Waals surface area contributed by atoms with E-state index in [1.807, 2.05) is 16.4 Å². The van der Waals surface area contributed by atoms with Gasteiger partial charge in [0.15, 0.2) is 11.6 Å². The molecule has 0 unspecified atom stereocenters. The van der Waals surface area contributed by atoms with E-state index >= 15 is 17.6 Å². The Morgan fingerprint density at radius 3 is 2.54 bits per heavy atom. The minimum atomic E-state index is -4.99. The van der Waals surface area contributed by atoms with Crippen molar-refractivity contribution in [3.8, 4) is 11.3 Å². The normalized spacial score (nSPS) is 19.6. The molecule has 3 aromatic heterocycles. The van der Waals surface area contributed by atoms with Crippen molar-refractivity contribution in [3.63, 3.8) is 0 Å². The fraction of sp³-hybridized carbons (Fsp3) is 0.425. The minimum absolute atomic E-state index is 0.0129. The van der Waals surface area contributed by atoms with E-state index in [4.69, 9.17) is 4.74 Å². The van der Waals surface area contributed by atoms with Crippen LogP contribution in [0.1, 0.15) is 48.1 Å². The van der Waals surface area contributed by atoms with Crippen molar-refractivity contribution in [3.05, 3.63) is 88.0 Å². The molecule has 2 saturated heterocycles. The summed E-state index contributed by atoms with van der Waals surface area (Å²) in [5.41, 5.74) is 0.114. The lowest BCUT2D eigenvalue weighted by molar-refractivity contribution is -0.136. The number of anilines is 5. The highest BCUT2D eigenvalue weighted by atomic mass is 19.4. The topological polar surface area (TPSA) is 130 Å². The zero-order valence-corrected chi connectivity index (χ0v) is 32.0. The number of aryl methyl sites for hydroxylation is 1. The number of nitrogens with one attached hydrogen (secondary N) is 2. The SMILES string of the molecule is C=CC(=O)Nc1cc(Nc2nc(-c3ccnc(N4CCn5c(cc6c5CC(C)(C)C6)C4=O)c3C(F)(F)F)cn(C)c2=O)cc(F)c1N1CCN(C2COC2)C[C@@H]1C. The Hall–Kier alpha value is -5.55. The maximum atomic E-state index is 16.2. The number of hydrogen-bond acceptors (Lipinski definition) is 9. The van der Waals surface area contributed by atoms with Crippen molar-refractivity contribution < 1.29 is 31.9 Å². The average molecular weight is 790 g/mol. The van der Waals surface area contributed by atoms with Gasteiger partial charge in [-0.15, -0.1) is 0 Å². The van der Waals surface area contributed by atoms with Crippen LogP contribution in [0.4, 0.5) is 46.3 Å². The first-order chi connectivity index (χ1) is 27.0. The zero-order chi connectivity index (χ0) is 40.6. The molecular weight excluding hydrogens is 746 g/mol. The molecule has 0 bridgehead atoms. The maximum Gasteiger partial charge on any atom is 0.420 e. The maximum absolute atomic E-state index is 16.2. The third-order valence-corrected chi connectivity index (χ3v) is 11.3. The molecule has 57 heavy (non-hydrogen) atoms. The second kappa shape index (κ2) is 14.1. The molecule has 2 N–H and O–H groups in total. The summed E-state index contributed by atoms with van der Waals surface area (Å²) in [5.74, 6) is -2.86. The first kappa shape index (κ1) is 38.3. The van der Waals surface area contributed by atoms with Crippen LogP contribution in [0.2, 0.25) is 0 Å². The van der Waals surface area contributed by atoms with E-state index in [-0.39, 0.29) is 40.8 Å². The highest BCUT2D eigenvalue weighted by molar-refractivity contribution is 6.06. The smallest absolute Gasteiger partial charge is 0.378 e. The van der Waals surface area contributed by atoms with Crippen LogP contribution < -0.4 is 26.0 Å². The van der Waals surface area contributed by atoms with Gasteiger partial charge in [-0.25, -0.2) is 14.4 Å². The van der Waals surface area contributed by atoms with Gasteiger partial charge in [-0.05, 0) is 61.1 Å². The molecule has 4 aliphatic rings. The van der Waals surface area contributed by atoms with Gasteiger partial charge in [0, 0.05) is 75.2 Å². The summed E-state index contributed by atoms with van der Waals surface area (Å²) < 4.78 is 70.0. The van der Waals surface area contributed by atoms with E-state index < -0.39 is 52.1 Å². The lowest BCUT2D eigenvalue weighted by atomic mass is 9.90.